The lowest BCUT2D eigenvalue weighted by Crippen LogP contribution is -2.41. The largest absolute Gasteiger partial charge is 0.361 e. The van der Waals surface area contributed by atoms with Crippen molar-refractivity contribution in [3.63, 3.8) is 0 Å². The number of amides is 2. The maximum Gasteiger partial charge on any atom is 0.239 e. The van der Waals surface area contributed by atoms with Crippen LogP contribution in [0.25, 0.3) is 0 Å². The smallest absolute Gasteiger partial charge is 0.239 e. The van der Waals surface area contributed by atoms with Crippen LogP contribution in [-0.4, -0.2) is 44.2 Å². The van der Waals surface area contributed by atoms with Gasteiger partial charge in [-0.1, -0.05) is 12.1 Å². The number of carbonyl (C=O) groups is 2. The summed E-state index contributed by atoms with van der Waals surface area (Å²) in [6.45, 7) is 1.17. The maximum atomic E-state index is 11.9. The highest BCUT2D eigenvalue weighted by molar-refractivity contribution is 7.99. The first kappa shape index (κ1) is 14.7. The van der Waals surface area contributed by atoms with Crippen molar-refractivity contribution in [3.8, 4) is 0 Å². The summed E-state index contributed by atoms with van der Waals surface area (Å²) in [5, 5.41) is 5.11. The van der Waals surface area contributed by atoms with E-state index in [-0.39, 0.29) is 24.9 Å². The lowest BCUT2D eigenvalue weighted by molar-refractivity contribution is -0.125. The average Bonchev–Trinajstić information content (AvgIpc) is 2.67. The molecule has 0 unspecified atom stereocenters. The molecule has 2 rings (SSSR count). The molecule has 1 aliphatic rings. The lowest BCUT2D eigenvalue weighted by Gasteiger charge is -2.23. The molecule has 0 saturated heterocycles. The van der Waals surface area contributed by atoms with Crippen molar-refractivity contribution in [1.29, 1.82) is 0 Å². The second kappa shape index (κ2) is 7.19. The zero-order valence-corrected chi connectivity index (χ0v) is 12.3. The predicted molar refractivity (Wildman–Crippen MR) is 81.1 cm³/mol. The maximum absolute atomic E-state index is 11.9. The van der Waals surface area contributed by atoms with Crippen LogP contribution in [-0.2, 0) is 9.59 Å². The molecule has 0 aliphatic carbocycles. The molecule has 0 fully saturated rings. The zero-order chi connectivity index (χ0) is 14.4. The summed E-state index contributed by atoms with van der Waals surface area (Å²) in [6, 6.07) is 8.13. The van der Waals surface area contributed by atoms with E-state index >= 15 is 0 Å². The molecule has 0 radical (unpaired) electrons. The van der Waals surface area contributed by atoms with Crippen LogP contribution in [0.4, 0.5) is 5.69 Å². The molecule has 0 aromatic heterocycles. The van der Waals surface area contributed by atoms with E-state index in [0.717, 1.165) is 24.4 Å². The van der Waals surface area contributed by atoms with Crippen molar-refractivity contribution < 1.29 is 9.59 Å². The van der Waals surface area contributed by atoms with Crippen LogP contribution in [0.1, 0.15) is 6.42 Å². The van der Waals surface area contributed by atoms with E-state index in [1.54, 1.807) is 7.05 Å². The van der Waals surface area contributed by atoms with Crippen LogP contribution in [0, 0.1) is 0 Å². The Morgan fingerprint density at radius 2 is 2.10 bits per heavy atom. The number of rotatable bonds is 4. The Kier molecular flexibility index (Phi) is 5.29. The molecule has 1 heterocycles. The fourth-order valence-corrected chi connectivity index (χ4v) is 3.07. The highest BCUT2D eigenvalue weighted by Gasteiger charge is 2.17. The van der Waals surface area contributed by atoms with Crippen molar-refractivity contribution >= 4 is 29.3 Å². The third kappa shape index (κ3) is 3.90. The number of anilines is 1. The summed E-state index contributed by atoms with van der Waals surface area (Å²) in [4.78, 5) is 26.3. The minimum atomic E-state index is -0.190. The van der Waals surface area contributed by atoms with Crippen molar-refractivity contribution in [1.82, 2.24) is 10.6 Å². The van der Waals surface area contributed by atoms with E-state index in [1.165, 1.54) is 4.90 Å². The van der Waals surface area contributed by atoms with Gasteiger partial charge in [0.2, 0.25) is 11.8 Å². The van der Waals surface area contributed by atoms with Gasteiger partial charge in [0.1, 0.15) is 0 Å². The van der Waals surface area contributed by atoms with Crippen molar-refractivity contribution in [2.75, 3.05) is 37.3 Å². The molecule has 1 aliphatic heterocycles. The number of likely N-dealkylation sites (N-methyl/N-ethyl adjacent to an activating group) is 1. The number of para-hydroxylation sites is 1. The molecular weight excluding hydrogens is 274 g/mol. The number of fused-ring (bicyclic) bond motifs is 1. The first-order valence-electron chi connectivity index (χ1n) is 6.65. The van der Waals surface area contributed by atoms with Gasteiger partial charge in [-0.2, -0.15) is 0 Å². The van der Waals surface area contributed by atoms with Gasteiger partial charge in [-0.15, -0.1) is 11.8 Å². The van der Waals surface area contributed by atoms with Gasteiger partial charge in [0.15, 0.2) is 0 Å². The van der Waals surface area contributed by atoms with E-state index in [2.05, 4.69) is 21.6 Å². The summed E-state index contributed by atoms with van der Waals surface area (Å²) in [5.74, 6) is 0.744. The molecule has 0 saturated carbocycles. The van der Waals surface area contributed by atoms with E-state index < -0.39 is 0 Å². The first-order valence-corrected chi connectivity index (χ1v) is 7.63. The molecule has 5 nitrogen and oxygen atoms in total. The van der Waals surface area contributed by atoms with Gasteiger partial charge < -0.3 is 15.5 Å². The Balaban J connectivity index is 1.98. The third-order valence-electron chi connectivity index (χ3n) is 3.10. The summed E-state index contributed by atoms with van der Waals surface area (Å²) in [7, 11) is 1.55. The Hall–Kier alpha value is -1.69. The van der Waals surface area contributed by atoms with Crippen LogP contribution in [0.3, 0.4) is 0 Å². The molecule has 20 heavy (non-hydrogen) atoms. The van der Waals surface area contributed by atoms with Gasteiger partial charge in [0, 0.05) is 18.5 Å². The van der Waals surface area contributed by atoms with E-state index in [4.69, 9.17) is 0 Å². The second-order valence-corrected chi connectivity index (χ2v) is 5.68. The molecular formula is C14H19N3O2S. The summed E-state index contributed by atoms with van der Waals surface area (Å²) in [5.41, 5.74) is 1.10. The van der Waals surface area contributed by atoms with Gasteiger partial charge in [0.05, 0.1) is 18.8 Å². The summed E-state index contributed by atoms with van der Waals surface area (Å²) < 4.78 is 0. The topological polar surface area (TPSA) is 61.4 Å². The van der Waals surface area contributed by atoms with Gasteiger partial charge in [-0.05, 0) is 24.3 Å². The number of benzene rings is 1. The molecule has 108 valence electrons. The van der Waals surface area contributed by atoms with Gasteiger partial charge in [-0.25, -0.2) is 0 Å². The average molecular weight is 293 g/mol. The van der Waals surface area contributed by atoms with Crippen LogP contribution in [0.2, 0.25) is 0 Å². The van der Waals surface area contributed by atoms with Gasteiger partial charge in [0.25, 0.3) is 0 Å². The van der Waals surface area contributed by atoms with Crippen LogP contribution in [0.5, 0.6) is 0 Å². The fourth-order valence-electron chi connectivity index (χ4n) is 2.06. The summed E-state index contributed by atoms with van der Waals surface area (Å²) in [6.07, 6.45) is 1.04. The molecule has 0 spiro atoms. The third-order valence-corrected chi connectivity index (χ3v) is 4.24. The van der Waals surface area contributed by atoms with Crippen LogP contribution < -0.4 is 15.5 Å². The minimum Gasteiger partial charge on any atom is -0.361 e. The highest BCUT2D eigenvalue weighted by Crippen LogP contribution is 2.33. The van der Waals surface area contributed by atoms with Gasteiger partial charge in [-0.3, -0.25) is 9.59 Å². The predicted octanol–water partition coefficient (Wildman–Crippen LogP) is 0.851. The fraction of sp³-hybridized carbons (Fsp3) is 0.429. The van der Waals surface area contributed by atoms with E-state index in [9.17, 15) is 9.59 Å². The molecule has 6 heteroatoms. The normalized spacial score (nSPS) is 14.2. The standard InChI is InChI=1S/C14H19N3O2S/c1-15-13(18)9-16-14(19)10-17-7-4-8-20-12-6-3-2-5-11(12)17/h2-3,5-6H,4,7-10H2,1H3,(H,15,18)(H,16,19). The number of hydrogen-bond donors (Lipinski definition) is 2. The second-order valence-electron chi connectivity index (χ2n) is 4.54. The Labute approximate surface area is 123 Å². The minimum absolute atomic E-state index is 0.0274. The van der Waals surface area contributed by atoms with Crippen molar-refractivity contribution in [3.05, 3.63) is 24.3 Å². The zero-order valence-electron chi connectivity index (χ0n) is 11.5. The quantitative estimate of drug-likeness (QED) is 0.864. The van der Waals surface area contributed by atoms with E-state index in [0.29, 0.717) is 0 Å². The molecule has 1 aromatic carbocycles. The Morgan fingerprint density at radius 1 is 1.30 bits per heavy atom. The van der Waals surface area contributed by atoms with Crippen molar-refractivity contribution in [2.45, 2.75) is 11.3 Å². The number of thioether (sulfide) groups is 1. The molecule has 0 bridgehead atoms. The Morgan fingerprint density at radius 3 is 2.90 bits per heavy atom. The van der Waals surface area contributed by atoms with Crippen LogP contribution >= 0.6 is 11.8 Å². The number of nitrogens with one attached hydrogen (secondary N) is 2. The highest BCUT2D eigenvalue weighted by atomic mass is 32.2. The lowest BCUT2D eigenvalue weighted by atomic mass is 10.2. The number of carbonyl (C=O) groups excluding carboxylic acids is 2. The SMILES string of the molecule is CNC(=O)CNC(=O)CN1CCCSc2ccccc21. The van der Waals surface area contributed by atoms with Gasteiger partial charge >= 0.3 is 0 Å². The summed E-state index contributed by atoms with van der Waals surface area (Å²) >= 11 is 1.82. The molecule has 2 amide bonds. The van der Waals surface area contributed by atoms with Crippen molar-refractivity contribution in [2.24, 2.45) is 0 Å². The Bertz CT molecular complexity index is 493. The molecule has 2 N–H and O–H groups in total. The van der Waals surface area contributed by atoms with E-state index in [1.807, 2.05) is 30.0 Å². The molecule has 1 aromatic rings. The monoisotopic (exact) mass is 293 g/mol. The van der Waals surface area contributed by atoms with Crippen LogP contribution in [0.15, 0.2) is 29.2 Å². The molecule has 0 atom stereocenters. The number of hydrogen-bond acceptors (Lipinski definition) is 4. The number of nitrogens with zero attached hydrogens (tertiary/aromatic N) is 1. The first-order chi connectivity index (χ1) is 9.70.